The molecular weight excluding hydrogens is 228 g/mol. The van der Waals surface area contributed by atoms with Crippen LogP contribution in [-0.4, -0.2) is 17.7 Å². The second kappa shape index (κ2) is 7.04. The second-order valence-electron chi connectivity index (χ2n) is 5.10. The van der Waals surface area contributed by atoms with Gasteiger partial charge in [-0.25, -0.2) is 0 Å². The molecule has 100 valence electrons. The summed E-state index contributed by atoms with van der Waals surface area (Å²) < 4.78 is 5.62. The summed E-state index contributed by atoms with van der Waals surface area (Å²) in [5.41, 5.74) is 1.04. The summed E-state index contributed by atoms with van der Waals surface area (Å²) in [6.45, 7) is 6.98. The van der Waals surface area contributed by atoms with Gasteiger partial charge in [0.15, 0.2) is 0 Å². The largest absolute Gasteiger partial charge is 0.494 e. The van der Waals surface area contributed by atoms with Gasteiger partial charge in [-0.1, -0.05) is 32.9 Å². The number of ether oxygens (including phenoxy) is 1. The SMILES string of the molecule is CC(C)CCOc1ccc(C(C)CC(=O)O)cc1. The van der Waals surface area contributed by atoms with Crippen molar-refractivity contribution in [2.75, 3.05) is 6.61 Å². The number of carboxylic acids is 1. The molecule has 1 atom stereocenters. The Morgan fingerprint density at radius 1 is 1.22 bits per heavy atom. The van der Waals surface area contributed by atoms with Gasteiger partial charge in [-0.15, -0.1) is 0 Å². The van der Waals surface area contributed by atoms with Crippen LogP contribution in [0.1, 0.15) is 45.1 Å². The molecule has 1 rings (SSSR count). The van der Waals surface area contributed by atoms with Crippen molar-refractivity contribution in [1.82, 2.24) is 0 Å². The van der Waals surface area contributed by atoms with Crippen LogP contribution in [0.25, 0.3) is 0 Å². The third-order valence-electron chi connectivity index (χ3n) is 2.89. The van der Waals surface area contributed by atoms with E-state index in [1.165, 1.54) is 0 Å². The summed E-state index contributed by atoms with van der Waals surface area (Å²) >= 11 is 0. The summed E-state index contributed by atoms with van der Waals surface area (Å²) in [7, 11) is 0. The van der Waals surface area contributed by atoms with E-state index in [0.717, 1.165) is 24.3 Å². The molecule has 0 fully saturated rings. The van der Waals surface area contributed by atoms with Gasteiger partial charge in [0.2, 0.25) is 0 Å². The Balaban J connectivity index is 2.49. The van der Waals surface area contributed by atoms with Crippen molar-refractivity contribution in [2.24, 2.45) is 5.92 Å². The fourth-order valence-electron chi connectivity index (χ4n) is 1.68. The maximum Gasteiger partial charge on any atom is 0.303 e. The molecule has 0 aliphatic carbocycles. The minimum absolute atomic E-state index is 0.0345. The van der Waals surface area contributed by atoms with E-state index in [4.69, 9.17) is 9.84 Å². The van der Waals surface area contributed by atoms with Gasteiger partial charge < -0.3 is 9.84 Å². The molecule has 1 aromatic carbocycles. The summed E-state index contributed by atoms with van der Waals surface area (Å²) in [6, 6.07) is 7.71. The highest BCUT2D eigenvalue weighted by molar-refractivity contribution is 5.67. The monoisotopic (exact) mass is 250 g/mol. The van der Waals surface area contributed by atoms with Gasteiger partial charge in [0.1, 0.15) is 5.75 Å². The highest BCUT2D eigenvalue weighted by Gasteiger charge is 2.09. The Morgan fingerprint density at radius 2 is 1.83 bits per heavy atom. The molecule has 0 saturated heterocycles. The third kappa shape index (κ3) is 5.21. The molecule has 1 unspecified atom stereocenters. The summed E-state index contributed by atoms with van der Waals surface area (Å²) in [5.74, 6) is 0.758. The zero-order valence-electron chi connectivity index (χ0n) is 11.3. The van der Waals surface area contributed by atoms with Crippen LogP contribution >= 0.6 is 0 Å². The molecule has 0 aromatic heterocycles. The van der Waals surface area contributed by atoms with Gasteiger partial charge in [0.05, 0.1) is 13.0 Å². The third-order valence-corrected chi connectivity index (χ3v) is 2.89. The van der Waals surface area contributed by atoms with Crippen LogP contribution in [0.3, 0.4) is 0 Å². The van der Waals surface area contributed by atoms with E-state index in [2.05, 4.69) is 13.8 Å². The van der Waals surface area contributed by atoms with Crippen molar-refractivity contribution in [3.63, 3.8) is 0 Å². The number of benzene rings is 1. The fourth-order valence-corrected chi connectivity index (χ4v) is 1.68. The Hall–Kier alpha value is -1.51. The standard InChI is InChI=1S/C15H22O3/c1-11(2)8-9-18-14-6-4-13(5-7-14)12(3)10-15(16)17/h4-7,11-12H,8-10H2,1-3H3,(H,16,17). The first-order chi connectivity index (χ1) is 8.49. The van der Waals surface area contributed by atoms with Crippen LogP contribution in [0, 0.1) is 5.92 Å². The van der Waals surface area contributed by atoms with Crippen LogP contribution in [0.15, 0.2) is 24.3 Å². The Bertz CT molecular complexity index is 368. The molecular formula is C15H22O3. The molecule has 0 amide bonds. The lowest BCUT2D eigenvalue weighted by molar-refractivity contribution is -0.137. The van der Waals surface area contributed by atoms with Gasteiger partial charge >= 0.3 is 5.97 Å². The first kappa shape index (κ1) is 14.6. The van der Waals surface area contributed by atoms with Gasteiger partial charge in [0, 0.05) is 0 Å². The Morgan fingerprint density at radius 3 is 2.33 bits per heavy atom. The van der Waals surface area contributed by atoms with E-state index >= 15 is 0 Å². The highest BCUT2D eigenvalue weighted by Crippen LogP contribution is 2.22. The lowest BCUT2D eigenvalue weighted by atomic mass is 9.98. The molecule has 1 N–H and O–H groups in total. The summed E-state index contributed by atoms with van der Waals surface area (Å²) in [5, 5.41) is 8.74. The quantitative estimate of drug-likeness (QED) is 0.802. The van der Waals surface area contributed by atoms with Gasteiger partial charge in [-0.2, -0.15) is 0 Å². The van der Waals surface area contributed by atoms with Crippen molar-refractivity contribution in [3.05, 3.63) is 29.8 Å². The normalized spacial score (nSPS) is 12.4. The van der Waals surface area contributed by atoms with E-state index in [1.807, 2.05) is 31.2 Å². The van der Waals surface area contributed by atoms with E-state index < -0.39 is 5.97 Å². The highest BCUT2D eigenvalue weighted by atomic mass is 16.5. The van der Waals surface area contributed by atoms with E-state index in [-0.39, 0.29) is 12.3 Å². The molecule has 0 spiro atoms. The van der Waals surface area contributed by atoms with Crippen LogP contribution < -0.4 is 4.74 Å². The van der Waals surface area contributed by atoms with Crippen molar-refractivity contribution in [1.29, 1.82) is 0 Å². The van der Waals surface area contributed by atoms with Crippen LogP contribution in [-0.2, 0) is 4.79 Å². The Kier molecular flexibility index (Phi) is 5.69. The fraction of sp³-hybridized carbons (Fsp3) is 0.533. The first-order valence-corrected chi connectivity index (χ1v) is 6.43. The van der Waals surface area contributed by atoms with Crippen LogP contribution in [0.2, 0.25) is 0 Å². The zero-order chi connectivity index (χ0) is 13.5. The van der Waals surface area contributed by atoms with Crippen molar-refractivity contribution >= 4 is 5.97 Å². The lowest BCUT2D eigenvalue weighted by Gasteiger charge is -2.11. The topological polar surface area (TPSA) is 46.5 Å². The smallest absolute Gasteiger partial charge is 0.303 e. The zero-order valence-corrected chi connectivity index (χ0v) is 11.3. The first-order valence-electron chi connectivity index (χ1n) is 6.43. The van der Waals surface area contributed by atoms with Gasteiger partial charge in [-0.05, 0) is 36.0 Å². The minimum Gasteiger partial charge on any atom is -0.494 e. The second-order valence-corrected chi connectivity index (χ2v) is 5.10. The molecule has 0 bridgehead atoms. The molecule has 0 aliphatic rings. The molecule has 0 saturated carbocycles. The van der Waals surface area contributed by atoms with Gasteiger partial charge in [0.25, 0.3) is 0 Å². The summed E-state index contributed by atoms with van der Waals surface area (Å²) in [6.07, 6.45) is 1.20. The number of aliphatic carboxylic acids is 1. The van der Waals surface area contributed by atoms with Crippen molar-refractivity contribution in [2.45, 2.75) is 39.5 Å². The number of hydrogen-bond donors (Lipinski definition) is 1. The predicted octanol–water partition coefficient (Wildman–Crippen LogP) is 3.69. The van der Waals surface area contributed by atoms with Gasteiger partial charge in [-0.3, -0.25) is 4.79 Å². The molecule has 1 aromatic rings. The Labute approximate surface area is 109 Å². The average molecular weight is 250 g/mol. The maximum absolute atomic E-state index is 10.6. The molecule has 18 heavy (non-hydrogen) atoms. The predicted molar refractivity (Wildman–Crippen MR) is 72.1 cm³/mol. The number of hydrogen-bond acceptors (Lipinski definition) is 2. The average Bonchev–Trinajstić information content (AvgIpc) is 2.28. The van der Waals surface area contributed by atoms with Crippen molar-refractivity contribution < 1.29 is 14.6 Å². The van der Waals surface area contributed by atoms with E-state index in [1.54, 1.807) is 0 Å². The number of carbonyl (C=O) groups is 1. The molecule has 3 heteroatoms. The maximum atomic E-state index is 10.6. The lowest BCUT2D eigenvalue weighted by Crippen LogP contribution is -2.03. The van der Waals surface area contributed by atoms with Crippen molar-refractivity contribution in [3.8, 4) is 5.75 Å². The number of carboxylic acid groups (broad SMARTS) is 1. The van der Waals surface area contributed by atoms with E-state index in [0.29, 0.717) is 5.92 Å². The van der Waals surface area contributed by atoms with E-state index in [9.17, 15) is 4.79 Å². The minimum atomic E-state index is -0.764. The molecule has 3 nitrogen and oxygen atoms in total. The molecule has 0 radical (unpaired) electrons. The van der Waals surface area contributed by atoms with Crippen LogP contribution in [0.5, 0.6) is 5.75 Å². The number of rotatable bonds is 7. The molecule has 0 heterocycles. The summed E-state index contributed by atoms with van der Waals surface area (Å²) in [4.78, 5) is 10.6. The molecule has 0 aliphatic heterocycles. The van der Waals surface area contributed by atoms with Crippen LogP contribution in [0.4, 0.5) is 0 Å².